The Kier molecular flexibility index (Phi) is 4.77. The minimum atomic E-state index is -0.101. The second-order valence-corrected chi connectivity index (χ2v) is 6.12. The zero-order valence-corrected chi connectivity index (χ0v) is 13.0. The van der Waals surface area contributed by atoms with Gasteiger partial charge in [-0.15, -0.1) is 0 Å². The molecule has 2 aliphatic rings. The number of rotatable bonds is 5. The van der Waals surface area contributed by atoms with E-state index in [0.717, 1.165) is 50.1 Å². The molecule has 2 atom stereocenters. The number of nitrogens with zero attached hydrogens (tertiary/aromatic N) is 2. The van der Waals surface area contributed by atoms with Gasteiger partial charge in [0.1, 0.15) is 5.82 Å². The normalized spacial score (nSPS) is 24.0. The van der Waals surface area contributed by atoms with E-state index in [1.165, 1.54) is 6.42 Å². The molecule has 2 amide bonds. The van der Waals surface area contributed by atoms with Gasteiger partial charge in [-0.25, -0.2) is 9.78 Å². The number of aromatic nitrogens is 1. The molecule has 3 rings (SSSR count). The van der Waals surface area contributed by atoms with E-state index >= 15 is 0 Å². The smallest absolute Gasteiger partial charge is 0.315 e. The van der Waals surface area contributed by atoms with E-state index in [-0.39, 0.29) is 6.03 Å². The fraction of sp³-hybridized carbons (Fsp3) is 0.625. The minimum absolute atomic E-state index is 0.101. The topological polar surface area (TPSA) is 66.5 Å². The van der Waals surface area contributed by atoms with Gasteiger partial charge >= 0.3 is 6.03 Å². The molecule has 1 aliphatic heterocycles. The van der Waals surface area contributed by atoms with Crippen LogP contribution in [-0.4, -0.2) is 43.9 Å². The Morgan fingerprint density at radius 2 is 2.18 bits per heavy atom. The predicted octanol–water partition coefficient (Wildman–Crippen LogP) is 1.37. The Hall–Kier alpha value is -1.82. The number of nitrogens with one attached hydrogen (secondary N) is 2. The van der Waals surface area contributed by atoms with Crippen molar-refractivity contribution in [2.75, 3.05) is 37.7 Å². The second-order valence-electron chi connectivity index (χ2n) is 6.12. The first-order chi connectivity index (χ1) is 10.7. The monoisotopic (exact) mass is 304 g/mol. The molecular weight excluding hydrogens is 280 g/mol. The summed E-state index contributed by atoms with van der Waals surface area (Å²) in [5, 5.41) is 5.87. The van der Waals surface area contributed by atoms with Gasteiger partial charge in [-0.05, 0) is 24.3 Å². The number of ether oxygens (including phenoxy) is 1. The summed E-state index contributed by atoms with van der Waals surface area (Å²) >= 11 is 0. The van der Waals surface area contributed by atoms with Gasteiger partial charge in [-0.1, -0.05) is 13.0 Å². The van der Waals surface area contributed by atoms with Crippen molar-refractivity contribution in [2.24, 2.45) is 11.8 Å². The van der Waals surface area contributed by atoms with Crippen molar-refractivity contribution < 1.29 is 9.53 Å². The summed E-state index contributed by atoms with van der Waals surface area (Å²) in [4.78, 5) is 18.6. The summed E-state index contributed by atoms with van der Waals surface area (Å²) in [5.41, 5.74) is 1.04. The minimum Gasteiger partial charge on any atom is -0.378 e. The van der Waals surface area contributed by atoms with Crippen LogP contribution in [0, 0.1) is 11.8 Å². The van der Waals surface area contributed by atoms with Crippen LogP contribution in [0.3, 0.4) is 0 Å². The van der Waals surface area contributed by atoms with Crippen molar-refractivity contribution in [3.05, 3.63) is 23.9 Å². The van der Waals surface area contributed by atoms with Crippen LogP contribution < -0.4 is 15.5 Å². The highest BCUT2D eigenvalue weighted by Gasteiger charge is 2.32. The maximum Gasteiger partial charge on any atom is 0.315 e. The molecule has 0 aromatic carbocycles. The van der Waals surface area contributed by atoms with Gasteiger partial charge in [-0.2, -0.15) is 0 Å². The van der Waals surface area contributed by atoms with E-state index in [9.17, 15) is 4.79 Å². The van der Waals surface area contributed by atoms with Gasteiger partial charge in [0.25, 0.3) is 0 Å². The lowest BCUT2D eigenvalue weighted by Gasteiger charge is -2.29. The summed E-state index contributed by atoms with van der Waals surface area (Å²) in [6.07, 6.45) is 3.02. The zero-order valence-electron chi connectivity index (χ0n) is 13.0. The largest absolute Gasteiger partial charge is 0.378 e. The van der Waals surface area contributed by atoms with Gasteiger partial charge in [0.15, 0.2) is 0 Å². The Balaban J connectivity index is 1.52. The first-order valence-electron chi connectivity index (χ1n) is 8.02. The first-order valence-corrected chi connectivity index (χ1v) is 8.02. The van der Waals surface area contributed by atoms with E-state index in [1.807, 2.05) is 12.1 Å². The second kappa shape index (κ2) is 6.96. The number of pyridine rings is 1. The first kappa shape index (κ1) is 15.1. The predicted molar refractivity (Wildman–Crippen MR) is 84.8 cm³/mol. The van der Waals surface area contributed by atoms with Gasteiger partial charge < -0.3 is 20.3 Å². The lowest BCUT2D eigenvalue weighted by molar-refractivity contribution is 0.122. The van der Waals surface area contributed by atoms with Gasteiger partial charge in [0.05, 0.1) is 13.2 Å². The maximum absolute atomic E-state index is 11.9. The molecule has 1 saturated carbocycles. The molecule has 0 bridgehead atoms. The van der Waals surface area contributed by atoms with Crippen LogP contribution in [0.15, 0.2) is 18.3 Å². The Bertz CT molecular complexity index is 517. The highest BCUT2D eigenvalue weighted by atomic mass is 16.5. The van der Waals surface area contributed by atoms with E-state index in [2.05, 4.69) is 27.4 Å². The zero-order chi connectivity index (χ0) is 15.4. The van der Waals surface area contributed by atoms with Gasteiger partial charge in [-0.3, -0.25) is 0 Å². The van der Waals surface area contributed by atoms with Crippen molar-refractivity contribution in [1.82, 2.24) is 15.6 Å². The van der Waals surface area contributed by atoms with Crippen LogP contribution in [-0.2, 0) is 11.3 Å². The quantitative estimate of drug-likeness (QED) is 0.862. The van der Waals surface area contributed by atoms with Gasteiger partial charge in [0.2, 0.25) is 0 Å². The summed E-state index contributed by atoms with van der Waals surface area (Å²) in [5.74, 6) is 2.36. The number of carbonyl (C=O) groups excluding carboxylic acids is 1. The lowest BCUT2D eigenvalue weighted by Crippen LogP contribution is -2.39. The third kappa shape index (κ3) is 3.88. The highest BCUT2D eigenvalue weighted by Crippen LogP contribution is 2.36. The molecule has 2 fully saturated rings. The number of morpholine rings is 1. The molecule has 2 N–H and O–H groups in total. The number of carbonyl (C=O) groups is 1. The van der Waals surface area contributed by atoms with Crippen molar-refractivity contribution >= 4 is 11.8 Å². The molecule has 1 saturated heterocycles. The molecular formula is C16H24N4O2. The molecule has 1 aliphatic carbocycles. The summed E-state index contributed by atoms with van der Waals surface area (Å²) < 4.78 is 5.38. The van der Waals surface area contributed by atoms with Crippen LogP contribution in [0.5, 0.6) is 0 Å². The molecule has 6 heteroatoms. The number of urea groups is 1. The average Bonchev–Trinajstić information content (AvgIpc) is 3.27. The molecule has 1 aromatic heterocycles. The number of hydrogen-bond acceptors (Lipinski definition) is 4. The summed E-state index contributed by atoms with van der Waals surface area (Å²) in [6.45, 7) is 6.62. The summed E-state index contributed by atoms with van der Waals surface area (Å²) in [6, 6.07) is 3.82. The Labute approximate surface area is 131 Å². The van der Waals surface area contributed by atoms with Gasteiger partial charge in [0, 0.05) is 37.9 Å². The third-order valence-corrected chi connectivity index (χ3v) is 4.42. The number of anilines is 1. The SMILES string of the molecule is C[C@H]1C[C@@H]1CNC(=O)NCc1cccnc1N1CCOCC1. The van der Waals surface area contributed by atoms with E-state index in [4.69, 9.17) is 4.74 Å². The molecule has 120 valence electrons. The van der Waals surface area contributed by atoms with Crippen molar-refractivity contribution in [2.45, 2.75) is 19.9 Å². The third-order valence-electron chi connectivity index (χ3n) is 4.42. The fourth-order valence-electron chi connectivity index (χ4n) is 2.77. The maximum atomic E-state index is 11.9. The Morgan fingerprint density at radius 3 is 2.91 bits per heavy atom. The molecule has 6 nitrogen and oxygen atoms in total. The van der Waals surface area contributed by atoms with E-state index in [1.54, 1.807) is 6.20 Å². The molecule has 1 aromatic rings. The molecule has 0 radical (unpaired) electrons. The van der Waals surface area contributed by atoms with Crippen LogP contribution in [0.1, 0.15) is 18.9 Å². The van der Waals surface area contributed by atoms with E-state index in [0.29, 0.717) is 12.5 Å². The van der Waals surface area contributed by atoms with Crippen LogP contribution in [0.25, 0.3) is 0 Å². The van der Waals surface area contributed by atoms with E-state index < -0.39 is 0 Å². The average molecular weight is 304 g/mol. The summed E-state index contributed by atoms with van der Waals surface area (Å²) in [7, 11) is 0. The molecule has 0 spiro atoms. The van der Waals surface area contributed by atoms with Crippen molar-refractivity contribution in [3.8, 4) is 0 Å². The molecule has 0 unspecified atom stereocenters. The van der Waals surface area contributed by atoms with Crippen LogP contribution in [0.4, 0.5) is 10.6 Å². The van der Waals surface area contributed by atoms with Crippen LogP contribution in [0.2, 0.25) is 0 Å². The Morgan fingerprint density at radius 1 is 1.41 bits per heavy atom. The van der Waals surface area contributed by atoms with Crippen LogP contribution >= 0.6 is 0 Å². The molecule has 2 heterocycles. The molecule has 22 heavy (non-hydrogen) atoms. The number of hydrogen-bond donors (Lipinski definition) is 2. The highest BCUT2D eigenvalue weighted by molar-refractivity contribution is 5.74. The lowest BCUT2D eigenvalue weighted by atomic mass is 10.2. The van der Waals surface area contributed by atoms with Crippen molar-refractivity contribution in [1.29, 1.82) is 0 Å². The fourth-order valence-corrected chi connectivity index (χ4v) is 2.77. The standard InChI is InChI=1S/C16H24N4O2/c1-12-9-14(12)11-19-16(21)18-10-13-3-2-4-17-15(13)20-5-7-22-8-6-20/h2-4,12,14H,5-11H2,1H3,(H2,18,19,21)/t12-,14+/m0/s1. The number of amides is 2. The van der Waals surface area contributed by atoms with Crippen molar-refractivity contribution in [3.63, 3.8) is 0 Å².